The second-order valence-corrected chi connectivity index (χ2v) is 8.14. The first kappa shape index (κ1) is 25.4. The minimum absolute atomic E-state index is 0. The largest absolute Gasteiger partial charge is 0.493 e. The third-order valence-electron chi connectivity index (χ3n) is 6.27. The van der Waals surface area contributed by atoms with Gasteiger partial charge in [0.05, 0.1) is 14.2 Å². The lowest BCUT2D eigenvalue weighted by Crippen LogP contribution is -2.53. The van der Waals surface area contributed by atoms with Crippen LogP contribution in [0.25, 0.3) is 0 Å². The number of methoxy groups -OCH3 is 2. The van der Waals surface area contributed by atoms with Gasteiger partial charge >= 0.3 is 0 Å². The number of rotatable bonds is 6. The number of pyridine rings is 1. The molecule has 3 heterocycles. The number of benzene rings is 1. The van der Waals surface area contributed by atoms with Crippen LogP contribution >= 0.6 is 24.0 Å². The Bertz CT molecular complexity index is 919. The fourth-order valence-electron chi connectivity index (χ4n) is 4.48. The van der Waals surface area contributed by atoms with Gasteiger partial charge in [-0.2, -0.15) is 0 Å². The Morgan fingerprint density at radius 1 is 1.03 bits per heavy atom. The van der Waals surface area contributed by atoms with Crippen molar-refractivity contribution in [2.24, 2.45) is 4.99 Å². The first-order valence-electron chi connectivity index (χ1n) is 11.3. The van der Waals surface area contributed by atoms with Gasteiger partial charge in [-0.3, -0.25) is 9.89 Å². The van der Waals surface area contributed by atoms with Crippen LogP contribution in [0.4, 0.5) is 5.82 Å². The maximum Gasteiger partial charge on any atom is 0.193 e. The Hall–Kier alpha value is -2.27. The normalized spacial score (nSPS) is 16.6. The van der Waals surface area contributed by atoms with Crippen molar-refractivity contribution >= 4 is 35.8 Å². The molecule has 0 unspecified atom stereocenters. The zero-order valence-corrected chi connectivity index (χ0v) is 22.1. The zero-order valence-electron chi connectivity index (χ0n) is 19.8. The first-order chi connectivity index (χ1) is 15.7. The van der Waals surface area contributed by atoms with Crippen molar-refractivity contribution in [1.82, 2.24) is 20.1 Å². The Kier molecular flexibility index (Phi) is 9.42. The highest BCUT2D eigenvalue weighted by Gasteiger charge is 2.22. The van der Waals surface area contributed by atoms with E-state index in [0.29, 0.717) is 0 Å². The van der Waals surface area contributed by atoms with Crippen molar-refractivity contribution in [3.8, 4) is 11.5 Å². The van der Waals surface area contributed by atoms with Gasteiger partial charge in [-0.25, -0.2) is 4.98 Å². The lowest BCUT2D eigenvalue weighted by Gasteiger charge is -2.37. The van der Waals surface area contributed by atoms with Crippen molar-refractivity contribution in [3.05, 3.63) is 47.7 Å². The number of fused-ring (bicyclic) bond motifs is 1. The molecule has 2 aliphatic rings. The van der Waals surface area contributed by atoms with Crippen molar-refractivity contribution in [2.45, 2.75) is 13.0 Å². The topological polar surface area (TPSA) is 65.5 Å². The minimum atomic E-state index is 0. The maximum absolute atomic E-state index is 5.48. The highest BCUT2D eigenvalue weighted by Crippen LogP contribution is 2.33. The number of hydrogen-bond acceptors (Lipinski definition) is 6. The lowest BCUT2D eigenvalue weighted by atomic mass is 9.99. The average molecular weight is 566 g/mol. The molecule has 0 amide bonds. The van der Waals surface area contributed by atoms with Crippen LogP contribution < -0.4 is 19.7 Å². The second kappa shape index (κ2) is 12.3. The number of hydrogen-bond donors (Lipinski definition) is 1. The van der Waals surface area contributed by atoms with Gasteiger partial charge in [-0.05, 0) is 41.8 Å². The fraction of sp³-hybridized carbons (Fsp3) is 0.500. The average Bonchev–Trinajstić information content (AvgIpc) is 2.86. The van der Waals surface area contributed by atoms with Crippen LogP contribution in [0, 0.1) is 0 Å². The van der Waals surface area contributed by atoms with Crippen LogP contribution in [-0.4, -0.2) is 87.8 Å². The predicted octanol–water partition coefficient (Wildman–Crippen LogP) is 2.47. The molecule has 0 atom stereocenters. The van der Waals surface area contributed by atoms with Crippen LogP contribution in [0.5, 0.6) is 11.5 Å². The molecule has 4 rings (SSSR count). The number of halogens is 1. The van der Waals surface area contributed by atoms with E-state index in [1.54, 1.807) is 14.2 Å². The lowest BCUT2D eigenvalue weighted by molar-refractivity contribution is 0.254. The van der Waals surface area contributed by atoms with Gasteiger partial charge in [0, 0.05) is 65.6 Å². The third kappa shape index (κ3) is 6.20. The number of anilines is 1. The van der Waals surface area contributed by atoms with Crippen molar-refractivity contribution < 1.29 is 9.47 Å². The Morgan fingerprint density at radius 3 is 2.39 bits per heavy atom. The molecule has 180 valence electrons. The molecule has 0 saturated carbocycles. The van der Waals surface area contributed by atoms with E-state index < -0.39 is 0 Å². The molecular weight excluding hydrogens is 531 g/mol. The van der Waals surface area contributed by atoms with E-state index in [1.165, 1.54) is 11.1 Å². The molecule has 9 heteroatoms. The summed E-state index contributed by atoms with van der Waals surface area (Å²) in [7, 11) is 5.25. The van der Waals surface area contributed by atoms with E-state index in [4.69, 9.17) is 9.47 Å². The number of piperazine rings is 1. The summed E-state index contributed by atoms with van der Waals surface area (Å²) in [4.78, 5) is 16.1. The molecule has 1 aromatic heterocycles. The standard InChI is InChI=1S/C24H34N6O2.HI/c1-25-24(30-14-12-29(13-15-30)23-6-4-5-8-26-23)27-9-11-28-10-7-19-16-21(31-2)22(32-3)17-20(19)18-28;/h4-6,8,16-17H,7,9-15,18H2,1-3H3,(H,25,27);1H. The summed E-state index contributed by atoms with van der Waals surface area (Å²) >= 11 is 0. The second-order valence-electron chi connectivity index (χ2n) is 8.14. The summed E-state index contributed by atoms with van der Waals surface area (Å²) in [6, 6.07) is 10.3. The maximum atomic E-state index is 5.48. The first-order valence-corrected chi connectivity index (χ1v) is 11.3. The molecule has 2 aliphatic heterocycles. The van der Waals surface area contributed by atoms with Crippen molar-refractivity contribution in [3.63, 3.8) is 0 Å². The Labute approximate surface area is 214 Å². The molecule has 33 heavy (non-hydrogen) atoms. The van der Waals surface area contributed by atoms with Gasteiger partial charge in [0.2, 0.25) is 0 Å². The van der Waals surface area contributed by atoms with Crippen LogP contribution in [0.2, 0.25) is 0 Å². The van der Waals surface area contributed by atoms with Crippen LogP contribution in [0.15, 0.2) is 41.5 Å². The van der Waals surface area contributed by atoms with Crippen LogP contribution in [0.1, 0.15) is 11.1 Å². The van der Waals surface area contributed by atoms with Gasteiger partial charge in [-0.15, -0.1) is 24.0 Å². The summed E-state index contributed by atoms with van der Waals surface area (Å²) in [6.45, 7) is 7.60. The summed E-state index contributed by atoms with van der Waals surface area (Å²) in [5.41, 5.74) is 2.68. The monoisotopic (exact) mass is 566 g/mol. The Morgan fingerprint density at radius 2 is 1.76 bits per heavy atom. The van der Waals surface area contributed by atoms with Crippen LogP contribution in [0.3, 0.4) is 0 Å². The molecule has 1 aromatic carbocycles. The van der Waals surface area contributed by atoms with E-state index in [2.05, 4.69) is 48.2 Å². The van der Waals surface area contributed by atoms with Gasteiger partial charge in [0.25, 0.3) is 0 Å². The van der Waals surface area contributed by atoms with E-state index in [9.17, 15) is 0 Å². The minimum Gasteiger partial charge on any atom is -0.493 e. The van der Waals surface area contributed by atoms with E-state index in [1.807, 2.05) is 25.4 Å². The number of nitrogens with zero attached hydrogens (tertiary/aromatic N) is 5. The van der Waals surface area contributed by atoms with Crippen molar-refractivity contribution in [2.75, 3.05) is 72.0 Å². The predicted molar refractivity (Wildman–Crippen MR) is 143 cm³/mol. The summed E-state index contributed by atoms with van der Waals surface area (Å²) in [5, 5.41) is 3.56. The molecule has 0 radical (unpaired) electrons. The smallest absolute Gasteiger partial charge is 0.193 e. The van der Waals surface area contributed by atoms with Gasteiger partial charge in [0.1, 0.15) is 5.82 Å². The fourth-order valence-corrected chi connectivity index (χ4v) is 4.48. The Balaban J connectivity index is 0.00000306. The summed E-state index contributed by atoms with van der Waals surface area (Å²) in [6.07, 6.45) is 2.88. The molecule has 2 aromatic rings. The molecule has 0 bridgehead atoms. The van der Waals surface area contributed by atoms with Gasteiger partial charge in [0.15, 0.2) is 17.5 Å². The van der Waals surface area contributed by atoms with E-state index in [0.717, 1.165) is 82.1 Å². The van der Waals surface area contributed by atoms with Crippen molar-refractivity contribution in [1.29, 1.82) is 0 Å². The number of guanidine groups is 1. The summed E-state index contributed by atoms with van der Waals surface area (Å²) in [5.74, 6) is 3.65. The molecular formula is C24H35IN6O2. The highest BCUT2D eigenvalue weighted by atomic mass is 127. The molecule has 8 nitrogen and oxygen atoms in total. The van der Waals surface area contributed by atoms with E-state index in [-0.39, 0.29) is 24.0 Å². The van der Waals surface area contributed by atoms with Gasteiger partial charge < -0.3 is 24.6 Å². The highest BCUT2D eigenvalue weighted by molar-refractivity contribution is 14.0. The molecule has 0 spiro atoms. The van der Waals surface area contributed by atoms with Crippen LogP contribution in [-0.2, 0) is 13.0 Å². The number of ether oxygens (including phenoxy) is 2. The SMILES string of the molecule is CN=C(NCCN1CCc2cc(OC)c(OC)cc2C1)N1CCN(c2ccccn2)CC1.I. The number of aliphatic imine (C=N–C) groups is 1. The summed E-state index contributed by atoms with van der Waals surface area (Å²) < 4.78 is 10.9. The number of nitrogens with one attached hydrogen (secondary N) is 1. The molecule has 0 aliphatic carbocycles. The molecule has 1 fully saturated rings. The molecule has 1 saturated heterocycles. The quantitative estimate of drug-likeness (QED) is 0.328. The molecule has 1 N–H and O–H groups in total. The zero-order chi connectivity index (χ0) is 22.3. The number of aromatic nitrogens is 1. The van der Waals surface area contributed by atoms with E-state index >= 15 is 0 Å². The van der Waals surface area contributed by atoms with Gasteiger partial charge in [-0.1, -0.05) is 6.07 Å². The third-order valence-corrected chi connectivity index (χ3v) is 6.27.